The molecule has 0 unspecified atom stereocenters. The second-order valence-electron chi connectivity index (χ2n) is 5.16. The number of nitrogens with zero attached hydrogens (tertiary/aromatic N) is 2. The third-order valence-electron chi connectivity index (χ3n) is 3.65. The normalized spacial score (nSPS) is 15.5. The van der Waals surface area contributed by atoms with Crippen LogP contribution in [-0.2, 0) is 4.79 Å². The number of ether oxygens (including phenoxy) is 1. The predicted octanol–water partition coefficient (Wildman–Crippen LogP) is 2.62. The molecule has 1 aromatic rings. The van der Waals surface area contributed by atoms with E-state index in [-0.39, 0.29) is 5.91 Å². The van der Waals surface area contributed by atoms with Crippen LogP contribution in [0.5, 0.6) is 6.01 Å². The van der Waals surface area contributed by atoms with E-state index in [1.807, 2.05) is 13.8 Å². The predicted molar refractivity (Wildman–Crippen MR) is 73.3 cm³/mol. The van der Waals surface area contributed by atoms with Gasteiger partial charge in [0.1, 0.15) is 0 Å². The molecule has 19 heavy (non-hydrogen) atoms. The molecule has 0 aromatic carbocycles. The van der Waals surface area contributed by atoms with Gasteiger partial charge in [0.25, 0.3) is 0 Å². The van der Waals surface area contributed by atoms with Gasteiger partial charge in [-0.05, 0) is 32.6 Å². The van der Waals surface area contributed by atoms with Gasteiger partial charge in [-0.2, -0.15) is 9.97 Å². The Morgan fingerprint density at radius 2 is 1.84 bits per heavy atom. The maximum atomic E-state index is 12.0. The van der Waals surface area contributed by atoms with Crippen molar-refractivity contribution in [2.75, 3.05) is 12.4 Å². The number of aromatic nitrogens is 2. The number of carbonyl (C=O) groups is 1. The van der Waals surface area contributed by atoms with E-state index >= 15 is 0 Å². The zero-order chi connectivity index (χ0) is 13.8. The monoisotopic (exact) mass is 263 g/mol. The fraction of sp³-hybridized carbons (Fsp3) is 0.643. The molecule has 0 saturated heterocycles. The highest BCUT2D eigenvalue weighted by molar-refractivity contribution is 5.91. The lowest BCUT2D eigenvalue weighted by atomic mass is 10.0. The van der Waals surface area contributed by atoms with Crippen LogP contribution in [0.15, 0.2) is 0 Å². The molecule has 1 aliphatic carbocycles. The van der Waals surface area contributed by atoms with Crippen LogP contribution in [0, 0.1) is 19.8 Å². The minimum absolute atomic E-state index is 0.0619. The van der Waals surface area contributed by atoms with Crippen LogP contribution >= 0.6 is 0 Å². The van der Waals surface area contributed by atoms with Crippen molar-refractivity contribution in [1.82, 2.24) is 9.97 Å². The van der Waals surface area contributed by atoms with E-state index in [2.05, 4.69) is 15.3 Å². The molecule has 5 heteroatoms. The zero-order valence-electron chi connectivity index (χ0n) is 11.8. The molecule has 5 nitrogen and oxygen atoms in total. The average molecular weight is 263 g/mol. The Kier molecular flexibility index (Phi) is 4.35. The molecule has 0 radical (unpaired) electrons. The van der Waals surface area contributed by atoms with E-state index in [4.69, 9.17) is 4.74 Å². The van der Waals surface area contributed by atoms with Crippen molar-refractivity contribution >= 4 is 11.6 Å². The molecule has 1 N–H and O–H groups in total. The molecule has 0 aliphatic heterocycles. The summed E-state index contributed by atoms with van der Waals surface area (Å²) in [4.78, 5) is 20.4. The van der Waals surface area contributed by atoms with Gasteiger partial charge in [0.15, 0.2) is 0 Å². The molecule has 0 spiro atoms. The highest BCUT2D eigenvalue weighted by atomic mass is 16.5. The molecular weight excluding hydrogens is 242 g/mol. The van der Waals surface area contributed by atoms with Gasteiger partial charge in [-0.25, -0.2) is 0 Å². The minimum atomic E-state index is 0.0619. The smallest absolute Gasteiger partial charge is 0.316 e. The zero-order valence-corrected chi connectivity index (χ0v) is 11.8. The van der Waals surface area contributed by atoms with E-state index < -0.39 is 0 Å². The van der Waals surface area contributed by atoms with Crippen molar-refractivity contribution in [3.63, 3.8) is 0 Å². The lowest BCUT2D eigenvalue weighted by Crippen LogP contribution is -2.17. The Morgan fingerprint density at radius 1 is 1.26 bits per heavy atom. The Labute approximate surface area is 113 Å². The second-order valence-corrected chi connectivity index (χ2v) is 5.16. The fourth-order valence-corrected chi connectivity index (χ4v) is 2.62. The first-order valence-electron chi connectivity index (χ1n) is 6.79. The van der Waals surface area contributed by atoms with Crippen molar-refractivity contribution < 1.29 is 9.53 Å². The molecule has 2 rings (SSSR count). The molecule has 0 atom stereocenters. The number of carbonyl (C=O) groups excluding carboxylic acids is 1. The summed E-state index contributed by atoms with van der Waals surface area (Å²) in [5.74, 6) is 0.603. The van der Waals surface area contributed by atoms with Gasteiger partial charge in [-0.3, -0.25) is 4.79 Å². The Morgan fingerprint density at radius 3 is 2.37 bits per heavy atom. The summed E-state index contributed by atoms with van der Waals surface area (Å²) < 4.78 is 5.01. The van der Waals surface area contributed by atoms with Gasteiger partial charge >= 0.3 is 6.01 Å². The molecule has 104 valence electrons. The quantitative estimate of drug-likeness (QED) is 0.907. The maximum absolute atomic E-state index is 12.0. The van der Waals surface area contributed by atoms with E-state index in [1.165, 1.54) is 32.8 Å². The number of anilines is 1. The van der Waals surface area contributed by atoms with Gasteiger partial charge in [0, 0.05) is 6.42 Å². The molecule has 1 heterocycles. The van der Waals surface area contributed by atoms with Crippen LogP contribution in [0.3, 0.4) is 0 Å². The first kappa shape index (κ1) is 13.8. The third-order valence-corrected chi connectivity index (χ3v) is 3.65. The number of hydrogen-bond donors (Lipinski definition) is 1. The van der Waals surface area contributed by atoms with E-state index in [9.17, 15) is 4.79 Å². The van der Waals surface area contributed by atoms with E-state index in [1.54, 1.807) is 0 Å². The molecule has 1 saturated carbocycles. The SMILES string of the molecule is COc1nc(C)c(NC(=O)CC2CCCC2)c(C)n1. The molecule has 1 aliphatic rings. The van der Waals surface area contributed by atoms with Crippen molar-refractivity contribution in [3.8, 4) is 6.01 Å². The summed E-state index contributed by atoms with van der Waals surface area (Å²) in [7, 11) is 1.53. The molecule has 1 aromatic heterocycles. The lowest BCUT2D eigenvalue weighted by Gasteiger charge is -2.13. The van der Waals surface area contributed by atoms with Crippen molar-refractivity contribution in [3.05, 3.63) is 11.4 Å². The Balaban J connectivity index is 2.03. The van der Waals surface area contributed by atoms with Gasteiger partial charge in [-0.15, -0.1) is 0 Å². The highest BCUT2D eigenvalue weighted by Gasteiger charge is 2.19. The van der Waals surface area contributed by atoms with Crippen LogP contribution < -0.4 is 10.1 Å². The van der Waals surface area contributed by atoms with Gasteiger partial charge in [0.05, 0.1) is 24.2 Å². The maximum Gasteiger partial charge on any atom is 0.316 e. The van der Waals surface area contributed by atoms with E-state index in [0.29, 0.717) is 24.0 Å². The first-order valence-corrected chi connectivity index (χ1v) is 6.79. The molecule has 1 amide bonds. The number of nitrogens with one attached hydrogen (secondary N) is 1. The van der Waals surface area contributed by atoms with Crippen molar-refractivity contribution in [2.24, 2.45) is 5.92 Å². The summed E-state index contributed by atoms with van der Waals surface area (Å²) in [6.07, 6.45) is 5.45. The van der Waals surface area contributed by atoms with Crippen LogP contribution in [0.4, 0.5) is 5.69 Å². The van der Waals surface area contributed by atoms with Crippen LogP contribution in [0.25, 0.3) is 0 Å². The van der Waals surface area contributed by atoms with Gasteiger partial charge in [-0.1, -0.05) is 12.8 Å². The summed E-state index contributed by atoms with van der Waals surface area (Å²) >= 11 is 0. The van der Waals surface area contributed by atoms with Crippen molar-refractivity contribution in [1.29, 1.82) is 0 Å². The summed E-state index contributed by atoms with van der Waals surface area (Å²) in [5.41, 5.74) is 2.19. The number of hydrogen-bond acceptors (Lipinski definition) is 4. The van der Waals surface area contributed by atoms with Crippen molar-refractivity contribution in [2.45, 2.75) is 46.0 Å². The largest absolute Gasteiger partial charge is 0.467 e. The number of amides is 1. The van der Waals surface area contributed by atoms with Crippen LogP contribution in [-0.4, -0.2) is 23.0 Å². The van der Waals surface area contributed by atoms with Gasteiger partial charge in [0.2, 0.25) is 5.91 Å². The third kappa shape index (κ3) is 3.43. The molecular formula is C14H21N3O2. The minimum Gasteiger partial charge on any atom is -0.467 e. The molecule has 0 bridgehead atoms. The lowest BCUT2D eigenvalue weighted by molar-refractivity contribution is -0.117. The number of methoxy groups -OCH3 is 1. The summed E-state index contributed by atoms with van der Waals surface area (Å²) in [5, 5.41) is 2.94. The summed E-state index contributed by atoms with van der Waals surface area (Å²) in [6.45, 7) is 3.70. The number of aryl methyl sites for hydroxylation is 2. The Bertz CT molecular complexity index is 445. The molecule has 1 fully saturated rings. The standard InChI is InChI=1S/C14H21N3O2/c1-9-13(10(2)16-14(15-9)19-3)17-12(18)8-11-6-4-5-7-11/h11H,4-8H2,1-3H3,(H,17,18). The Hall–Kier alpha value is -1.65. The first-order chi connectivity index (χ1) is 9.10. The second kappa shape index (κ2) is 5.99. The average Bonchev–Trinajstić information content (AvgIpc) is 2.86. The van der Waals surface area contributed by atoms with Crippen LogP contribution in [0.1, 0.15) is 43.5 Å². The summed E-state index contributed by atoms with van der Waals surface area (Å²) in [6, 6.07) is 0.337. The van der Waals surface area contributed by atoms with Gasteiger partial charge < -0.3 is 10.1 Å². The number of rotatable bonds is 4. The fourth-order valence-electron chi connectivity index (χ4n) is 2.62. The topological polar surface area (TPSA) is 64.1 Å². The highest BCUT2D eigenvalue weighted by Crippen LogP contribution is 2.28. The van der Waals surface area contributed by atoms with E-state index in [0.717, 1.165) is 11.4 Å². The van der Waals surface area contributed by atoms with Crippen LogP contribution in [0.2, 0.25) is 0 Å².